The van der Waals surface area contributed by atoms with Crippen molar-refractivity contribution in [1.82, 2.24) is 4.98 Å². The fraction of sp³-hybridized carbons (Fsp3) is 0.200. The van der Waals surface area contributed by atoms with Crippen LogP contribution in [0.15, 0.2) is 23.1 Å². The van der Waals surface area contributed by atoms with Gasteiger partial charge in [-0.25, -0.2) is 8.42 Å². The van der Waals surface area contributed by atoms with Gasteiger partial charge in [-0.05, 0) is 37.6 Å². The topological polar surface area (TPSA) is 49.9 Å². The lowest BCUT2D eigenvalue weighted by Gasteiger charge is -1.96. The summed E-state index contributed by atoms with van der Waals surface area (Å²) in [6.45, 7) is 3.89. The van der Waals surface area contributed by atoms with Gasteiger partial charge in [-0.1, -0.05) is 0 Å². The molecule has 5 heteroatoms. The first-order chi connectivity index (χ1) is 6.89. The van der Waals surface area contributed by atoms with Gasteiger partial charge in [0.2, 0.25) is 0 Å². The Hall–Kier alpha value is -1.00. The van der Waals surface area contributed by atoms with Crippen molar-refractivity contribution in [3.8, 4) is 0 Å². The van der Waals surface area contributed by atoms with E-state index in [0.717, 1.165) is 22.2 Å². The molecule has 80 valence electrons. The van der Waals surface area contributed by atoms with Crippen molar-refractivity contribution in [3.63, 3.8) is 0 Å². The maximum atomic E-state index is 11.1. The van der Waals surface area contributed by atoms with E-state index >= 15 is 0 Å². The van der Waals surface area contributed by atoms with E-state index in [2.05, 4.69) is 4.98 Å². The van der Waals surface area contributed by atoms with Crippen LogP contribution < -0.4 is 0 Å². The lowest BCUT2D eigenvalue weighted by atomic mass is 10.1. The number of H-pyrrole nitrogens is 1. The molecule has 3 nitrogen and oxygen atoms in total. The molecule has 0 spiro atoms. The maximum Gasteiger partial charge on any atom is 0.261 e. The zero-order valence-corrected chi connectivity index (χ0v) is 9.91. The van der Waals surface area contributed by atoms with Gasteiger partial charge in [-0.3, -0.25) is 0 Å². The molecule has 15 heavy (non-hydrogen) atoms. The largest absolute Gasteiger partial charge is 0.358 e. The van der Waals surface area contributed by atoms with Gasteiger partial charge in [0.05, 0.1) is 4.90 Å². The number of halogens is 1. The third-order valence-electron chi connectivity index (χ3n) is 2.56. The van der Waals surface area contributed by atoms with E-state index in [1.54, 1.807) is 12.1 Å². The summed E-state index contributed by atoms with van der Waals surface area (Å²) in [5.74, 6) is 0. The van der Waals surface area contributed by atoms with E-state index in [0.29, 0.717) is 0 Å². The minimum absolute atomic E-state index is 0.138. The van der Waals surface area contributed by atoms with E-state index in [-0.39, 0.29) is 4.90 Å². The second-order valence-corrected chi connectivity index (χ2v) is 6.09. The molecule has 0 amide bonds. The van der Waals surface area contributed by atoms with Crippen molar-refractivity contribution in [2.75, 3.05) is 0 Å². The zero-order valence-electron chi connectivity index (χ0n) is 8.33. The Bertz CT molecular complexity index is 628. The maximum absolute atomic E-state index is 11.1. The third kappa shape index (κ3) is 1.75. The molecule has 1 heterocycles. The molecule has 0 aliphatic carbocycles. The number of benzene rings is 1. The van der Waals surface area contributed by atoms with Crippen molar-refractivity contribution < 1.29 is 8.42 Å². The average Bonchev–Trinajstić information content (AvgIpc) is 2.41. The molecular formula is C10H10ClNO2S. The van der Waals surface area contributed by atoms with Crippen molar-refractivity contribution in [2.24, 2.45) is 0 Å². The monoisotopic (exact) mass is 243 g/mol. The summed E-state index contributed by atoms with van der Waals surface area (Å²) >= 11 is 0. The Labute approximate surface area is 92.5 Å². The molecule has 0 aliphatic heterocycles. The van der Waals surface area contributed by atoms with E-state index in [9.17, 15) is 8.42 Å². The summed E-state index contributed by atoms with van der Waals surface area (Å²) in [4.78, 5) is 3.31. The van der Waals surface area contributed by atoms with Crippen molar-refractivity contribution in [1.29, 1.82) is 0 Å². The molecule has 0 bridgehead atoms. The fourth-order valence-electron chi connectivity index (χ4n) is 1.59. The van der Waals surface area contributed by atoms with Crippen LogP contribution in [0.2, 0.25) is 0 Å². The highest BCUT2D eigenvalue weighted by atomic mass is 35.7. The number of fused-ring (bicyclic) bond motifs is 1. The van der Waals surface area contributed by atoms with Gasteiger partial charge in [-0.2, -0.15) is 0 Å². The smallest absolute Gasteiger partial charge is 0.261 e. The fourth-order valence-corrected chi connectivity index (χ4v) is 2.37. The minimum atomic E-state index is -3.64. The quantitative estimate of drug-likeness (QED) is 0.783. The van der Waals surface area contributed by atoms with Gasteiger partial charge in [0.25, 0.3) is 9.05 Å². The Kier molecular flexibility index (Phi) is 2.28. The standard InChI is InChI=1S/C10H10ClNO2S/c1-6-7(2)12-10-4-3-8(5-9(6)10)15(11,13)14/h3-5,12H,1-2H3. The number of rotatable bonds is 1. The van der Waals surface area contributed by atoms with E-state index in [4.69, 9.17) is 10.7 Å². The normalized spacial score (nSPS) is 12.2. The second-order valence-electron chi connectivity index (χ2n) is 3.52. The average molecular weight is 244 g/mol. The van der Waals surface area contributed by atoms with Crippen LogP contribution in [0.4, 0.5) is 0 Å². The van der Waals surface area contributed by atoms with Gasteiger partial charge < -0.3 is 4.98 Å². The van der Waals surface area contributed by atoms with E-state index < -0.39 is 9.05 Å². The lowest BCUT2D eigenvalue weighted by Crippen LogP contribution is -1.89. The lowest BCUT2D eigenvalue weighted by molar-refractivity contribution is 0.609. The number of aromatic amines is 1. The number of nitrogens with one attached hydrogen (secondary N) is 1. The molecule has 0 saturated heterocycles. The molecule has 0 aliphatic rings. The molecule has 1 aromatic carbocycles. The molecular weight excluding hydrogens is 234 g/mol. The molecule has 2 rings (SSSR count). The minimum Gasteiger partial charge on any atom is -0.358 e. The molecule has 1 N–H and O–H groups in total. The van der Waals surface area contributed by atoms with Crippen LogP contribution in [0.5, 0.6) is 0 Å². The Morgan fingerprint density at radius 3 is 2.53 bits per heavy atom. The van der Waals surface area contributed by atoms with Gasteiger partial charge in [0, 0.05) is 27.3 Å². The highest BCUT2D eigenvalue weighted by molar-refractivity contribution is 8.13. The van der Waals surface area contributed by atoms with Gasteiger partial charge in [0.1, 0.15) is 0 Å². The van der Waals surface area contributed by atoms with Crippen molar-refractivity contribution >= 4 is 30.6 Å². The first-order valence-electron chi connectivity index (χ1n) is 4.43. The summed E-state index contributed by atoms with van der Waals surface area (Å²) in [6.07, 6.45) is 0. The SMILES string of the molecule is Cc1[nH]c2ccc(S(=O)(=O)Cl)cc2c1C. The Balaban J connectivity index is 2.81. The molecule has 0 radical (unpaired) electrons. The summed E-state index contributed by atoms with van der Waals surface area (Å²) in [5.41, 5.74) is 3.01. The van der Waals surface area contributed by atoms with Crippen LogP contribution in [-0.2, 0) is 9.05 Å². The second kappa shape index (κ2) is 3.25. The van der Waals surface area contributed by atoms with Crippen LogP contribution in [0, 0.1) is 13.8 Å². The van der Waals surface area contributed by atoms with Gasteiger partial charge >= 0.3 is 0 Å². The molecule has 0 saturated carbocycles. The number of aryl methyl sites for hydroxylation is 2. The Morgan fingerprint density at radius 2 is 1.93 bits per heavy atom. The molecule has 2 aromatic rings. The van der Waals surface area contributed by atoms with Crippen LogP contribution in [0.25, 0.3) is 10.9 Å². The van der Waals surface area contributed by atoms with E-state index in [1.807, 2.05) is 13.8 Å². The van der Waals surface area contributed by atoms with E-state index in [1.165, 1.54) is 6.07 Å². The Morgan fingerprint density at radius 1 is 1.27 bits per heavy atom. The summed E-state index contributed by atoms with van der Waals surface area (Å²) in [5, 5.41) is 0.897. The van der Waals surface area contributed by atoms with Gasteiger partial charge in [-0.15, -0.1) is 0 Å². The molecule has 1 aromatic heterocycles. The highest BCUT2D eigenvalue weighted by Gasteiger charge is 2.12. The predicted molar refractivity (Wildman–Crippen MR) is 60.8 cm³/mol. The van der Waals surface area contributed by atoms with Crippen LogP contribution in [0.1, 0.15) is 11.3 Å². The summed E-state index contributed by atoms with van der Waals surface area (Å²) in [6, 6.07) is 4.82. The van der Waals surface area contributed by atoms with Crippen LogP contribution in [-0.4, -0.2) is 13.4 Å². The molecule has 0 atom stereocenters. The third-order valence-corrected chi connectivity index (χ3v) is 3.91. The van der Waals surface area contributed by atoms with Crippen LogP contribution >= 0.6 is 10.7 Å². The number of hydrogen-bond acceptors (Lipinski definition) is 2. The highest BCUT2D eigenvalue weighted by Crippen LogP contribution is 2.25. The van der Waals surface area contributed by atoms with Gasteiger partial charge in [0.15, 0.2) is 0 Å². The van der Waals surface area contributed by atoms with Crippen molar-refractivity contribution in [2.45, 2.75) is 18.7 Å². The predicted octanol–water partition coefficient (Wildman–Crippen LogP) is 2.71. The summed E-state index contributed by atoms with van der Waals surface area (Å²) < 4.78 is 22.3. The number of aromatic nitrogens is 1. The number of hydrogen-bond donors (Lipinski definition) is 1. The zero-order chi connectivity index (χ0) is 11.2. The van der Waals surface area contributed by atoms with Crippen LogP contribution in [0.3, 0.4) is 0 Å². The van der Waals surface area contributed by atoms with Crippen molar-refractivity contribution in [3.05, 3.63) is 29.5 Å². The first kappa shape index (κ1) is 10.5. The summed E-state index contributed by atoms with van der Waals surface area (Å²) in [7, 11) is 1.64. The molecule has 0 fully saturated rings. The molecule has 0 unspecified atom stereocenters. The first-order valence-corrected chi connectivity index (χ1v) is 6.74.